The smallest absolute Gasteiger partial charge is 0.169 e. The van der Waals surface area contributed by atoms with Gasteiger partial charge in [0.2, 0.25) is 0 Å². The molecule has 0 aliphatic carbocycles. The summed E-state index contributed by atoms with van der Waals surface area (Å²) in [5.74, 6) is 0.0801. The van der Waals surface area contributed by atoms with Gasteiger partial charge in [-0.2, -0.15) is 5.10 Å². The van der Waals surface area contributed by atoms with Crippen LogP contribution in [0.4, 0.5) is 0 Å². The van der Waals surface area contributed by atoms with Gasteiger partial charge in [-0.05, 0) is 85.9 Å². The lowest BCUT2D eigenvalue weighted by atomic mass is 10.0. The van der Waals surface area contributed by atoms with E-state index >= 15 is 0 Å². The number of rotatable bonds is 6. The van der Waals surface area contributed by atoms with Crippen LogP contribution in [-0.2, 0) is 6.54 Å². The van der Waals surface area contributed by atoms with Gasteiger partial charge in [-0.3, -0.25) is 19.8 Å². The van der Waals surface area contributed by atoms with Crippen molar-refractivity contribution in [1.29, 1.82) is 0 Å². The molecule has 0 amide bonds. The average Bonchev–Trinajstić information content (AvgIpc) is 3.74. The number of benzene rings is 2. The highest BCUT2D eigenvalue weighted by molar-refractivity contribution is 7.17. The Labute approximate surface area is 224 Å². The van der Waals surface area contributed by atoms with E-state index in [-0.39, 0.29) is 5.78 Å². The number of nitrogens with zero attached hydrogens (tertiary/aromatic N) is 3. The molecule has 0 spiro atoms. The Kier molecular flexibility index (Phi) is 5.68. The number of carbonyl (C=O) groups excluding carboxylic acids is 1. The molecule has 6 nitrogen and oxygen atoms in total. The number of pyridine rings is 1. The van der Waals surface area contributed by atoms with Crippen LogP contribution >= 0.6 is 11.3 Å². The number of aromatic nitrogens is 4. The number of nitrogens with one attached hydrogen (secondary N) is 2. The minimum Gasteiger partial charge on any atom is -0.352 e. The van der Waals surface area contributed by atoms with Gasteiger partial charge in [0.15, 0.2) is 5.78 Å². The fourth-order valence-corrected chi connectivity index (χ4v) is 6.42. The van der Waals surface area contributed by atoms with Crippen molar-refractivity contribution < 1.29 is 4.79 Å². The van der Waals surface area contributed by atoms with Crippen LogP contribution in [0.2, 0.25) is 0 Å². The van der Waals surface area contributed by atoms with Crippen LogP contribution in [0.25, 0.3) is 54.8 Å². The van der Waals surface area contributed by atoms with E-state index in [9.17, 15) is 4.79 Å². The number of carbonyl (C=O) groups is 1. The summed E-state index contributed by atoms with van der Waals surface area (Å²) in [5.41, 5.74) is 8.52. The monoisotopic (exact) mass is 517 g/mol. The summed E-state index contributed by atoms with van der Waals surface area (Å²) in [5, 5.41) is 10.0. The molecule has 6 aromatic rings. The molecule has 7 heteroatoms. The number of hydrogen-bond acceptors (Lipinski definition) is 5. The molecule has 4 aromatic heterocycles. The summed E-state index contributed by atoms with van der Waals surface area (Å²) >= 11 is 1.50. The molecule has 188 valence electrons. The van der Waals surface area contributed by atoms with Crippen LogP contribution in [-0.4, -0.2) is 43.9 Å². The maximum absolute atomic E-state index is 11.8. The lowest BCUT2D eigenvalue weighted by molar-refractivity contribution is 0.102. The van der Waals surface area contributed by atoms with Crippen molar-refractivity contribution in [2.75, 3.05) is 13.1 Å². The van der Waals surface area contributed by atoms with Gasteiger partial charge in [-0.25, -0.2) is 0 Å². The quantitative estimate of drug-likeness (QED) is 0.227. The van der Waals surface area contributed by atoms with E-state index in [1.165, 1.54) is 54.0 Å². The zero-order valence-electron chi connectivity index (χ0n) is 21.1. The largest absolute Gasteiger partial charge is 0.352 e. The highest BCUT2D eigenvalue weighted by Gasteiger charge is 2.17. The second-order valence-electron chi connectivity index (χ2n) is 10.1. The number of hydrogen-bond donors (Lipinski definition) is 2. The third-order valence-electron chi connectivity index (χ3n) is 7.45. The van der Waals surface area contributed by atoms with Crippen molar-refractivity contribution in [3.63, 3.8) is 0 Å². The van der Waals surface area contributed by atoms with E-state index in [4.69, 9.17) is 0 Å². The van der Waals surface area contributed by atoms with Crippen molar-refractivity contribution in [2.24, 2.45) is 0 Å². The van der Waals surface area contributed by atoms with E-state index in [1.807, 2.05) is 24.5 Å². The number of fused-ring (bicyclic) bond motifs is 2. The number of H-pyrrole nitrogens is 2. The van der Waals surface area contributed by atoms with E-state index in [1.54, 1.807) is 6.92 Å². The van der Waals surface area contributed by atoms with Crippen LogP contribution in [0, 0.1) is 0 Å². The normalized spacial score (nSPS) is 14.1. The Balaban J connectivity index is 1.27. The highest BCUT2D eigenvalue weighted by atomic mass is 32.1. The Bertz CT molecular complexity index is 1800. The number of likely N-dealkylation sites (tertiary alicyclic amines) is 1. The molecule has 0 saturated carbocycles. The maximum Gasteiger partial charge on any atom is 0.169 e. The SMILES string of the molecule is CC(=O)c1ccc(-c2cncc3[nH]c(-c4n[nH]c5ccc(-c6cccc(CN7CCCC7)c6)cc45)cc23)s1. The highest BCUT2D eigenvalue weighted by Crippen LogP contribution is 2.37. The Morgan fingerprint density at radius 2 is 1.82 bits per heavy atom. The van der Waals surface area contributed by atoms with Gasteiger partial charge in [-0.15, -0.1) is 11.3 Å². The van der Waals surface area contributed by atoms with Gasteiger partial charge in [-0.1, -0.05) is 24.3 Å². The van der Waals surface area contributed by atoms with Gasteiger partial charge in [0.1, 0.15) is 5.69 Å². The van der Waals surface area contributed by atoms with Crippen molar-refractivity contribution in [3.05, 3.63) is 83.5 Å². The van der Waals surface area contributed by atoms with Crippen molar-refractivity contribution in [2.45, 2.75) is 26.3 Å². The lowest BCUT2D eigenvalue weighted by Gasteiger charge is -2.15. The summed E-state index contributed by atoms with van der Waals surface area (Å²) < 4.78 is 0. The molecule has 0 radical (unpaired) electrons. The molecule has 0 bridgehead atoms. The third kappa shape index (κ3) is 4.14. The second-order valence-corrected chi connectivity index (χ2v) is 11.2. The Hall–Kier alpha value is -4.07. The molecule has 0 atom stereocenters. The molecule has 1 saturated heterocycles. The molecular weight excluding hydrogens is 490 g/mol. The lowest BCUT2D eigenvalue weighted by Crippen LogP contribution is -2.18. The topological polar surface area (TPSA) is 77.7 Å². The fourth-order valence-electron chi connectivity index (χ4n) is 5.49. The number of thiophene rings is 1. The first-order chi connectivity index (χ1) is 18.6. The van der Waals surface area contributed by atoms with E-state index in [0.29, 0.717) is 0 Å². The summed E-state index contributed by atoms with van der Waals surface area (Å²) in [6.07, 6.45) is 6.31. The minimum absolute atomic E-state index is 0.0801. The van der Waals surface area contributed by atoms with E-state index < -0.39 is 0 Å². The van der Waals surface area contributed by atoms with Crippen LogP contribution in [0.1, 0.15) is 35.0 Å². The summed E-state index contributed by atoms with van der Waals surface area (Å²) in [4.78, 5) is 24.1. The first-order valence-corrected chi connectivity index (χ1v) is 13.8. The summed E-state index contributed by atoms with van der Waals surface area (Å²) in [6.45, 7) is 5.00. The minimum atomic E-state index is 0.0801. The molecule has 0 unspecified atom stereocenters. The maximum atomic E-state index is 11.8. The number of aromatic amines is 2. The van der Waals surface area contributed by atoms with Gasteiger partial charge in [0, 0.05) is 34.0 Å². The standard InChI is InChI=1S/C31H27N5OS/c1-19(37)29-9-10-30(38-29)25-16-32-17-28-23(25)15-27(33-28)31-24-14-22(7-8-26(24)34-35-31)21-6-4-5-20(13-21)18-36-11-2-3-12-36/h4-10,13-17,33H,2-3,11-12,18H2,1H3,(H,34,35). The van der Waals surface area contributed by atoms with Gasteiger partial charge < -0.3 is 4.98 Å². The molecule has 38 heavy (non-hydrogen) atoms. The zero-order valence-corrected chi connectivity index (χ0v) is 21.9. The molecule has 1 aliphatic heterocycles. The van der Waals surface area contributed by atoms with E-state index in [2.05, 4.69) is 73.6 Å². The first-order valence-electron chi connectivity index (χ1n) is 13.0. The van der Waals surface area contributed by atoms with Gasteiger partial charge in [0.05, 0.1) is 27.8 Å². The van der Waals surface area contributed by atoms with Crippen LogP contribution in [0.3, 0.4) is 0 Å². The number of ketones is 1. The number of Topliss-reactive ketones (excluding diaryl/α,β-unsaturated/α-hetero) is 1. The molecule has 2 N–H and O–H groups in total. The zero-order chi connectivity index (χ0) is 25.6. The van der Waals surface area contributed by atoms with Crippen LogP contribution in [0.5, 0.6) is 0 Å². The van der Waals surface area contributed by atoms with Gasteiger partial charge in [0.25, 0.3) is 0 Å². The van der Waals surface area contributed by atoms with Gasteiger partial charge >= 0.3 is 0 Å². The molecule has 7 rings (SSSR count). The summed E-state index contributed by atoms with van der Waals surface area (Å²) in [6, 6.07) is 21.4. The average molecular weight is 518 g/mol. The molecule has 2 aromatic carbocycles. The van der Waals surface area contributed by atoms with Crippen molar-refractivity contribution in [3.8, 4) is 33.0 Å². The van der Waals surface area contributed by atoms with Crippen LogP contribution in [0.15, 0.2) is 73.1 Å². The van der Waals surface area contributed by atoms with Crippen molar-refractivity contribution in [1.82, 2.24) is 25.1 Å². The first kappa shape index (κ1) is 23.1. The van der Waals surface area contributed by atoms with Crippen molar-refractivity contribution >= 4 is 38.9 Å². The summed E-state index contributed by atoms with van der Waals surface area (Å²) in [7, 11) is 0. The predicted molar refractivity (Wildman–Crippen MR) is 154 cm³/mol. The molecule has 1 aliphatic rings. The predicted octanol–water partition coefficient (Wildman–Crippen LogP) is 7.30. The second kappa shape index (κ2) is 9.35. The van der Waals surface area contributed by atoms with Crippen LogP contribution < -0.4 is 0 Å². The molecule has 5 heterocycles. The molecule has 1 fully saturated rings. The Morgan fingerprint density at radius 3 is 2.66 bits per heavy atom. The fraction of sp³-hybridized carbons (Fsp3) is 0.194. The third-order valence-corrected chi connectivity index (χ3v) is 8.67. The Morgan fingerprint density at radius 1 is 0.947 bits per heavy atom. The molecular formula is C31H27N5OS. The van der Waals surface area contributed by atoms with E-state index in [0.717, 1.165) is 55.1 Å².